The van der Waals surface area contributed by atoms with Crippen molar-refractivity contribution in [2.24, 2.45) is 0 Å². The van der Waals surface area contributed by atoms with Gasteiger partial charge >= 0.3 is 6.09 Å². The zero-order valence-electron chi connectivity index (χ0n) is 16.4. The Hall–Kier alpha value is -2.38. The molecule has 0 aromatic carbocycles. The van der Waals surface area contributed by atoms with Crippen molar-refractivity contribution in [3.8, 4) is 0 Å². The van der Waals surface area contributed by atoms with Gasteiger partial charge in [0.05, 0.1) is 0 Å². The van der Waals surface area contributed by atoms with Gasteiger partial charge in [-0.25, -0.2) is 14.8 Å². The molecule has 8 heteroatoms. The van der Waals surface area contributed by atoms with Gasteiger partial charge in [-0.15, -0.1) is 0 Å². The number of amides is 2. The van der Waals surface area contributed by atoms with Gasteiger partial charge in [0.1, 0.15) is 11.6 Å². The number of hydrogen-bond donors (Lipinski definition) is 0. The molecule has 0 bridgehead atoms. The fourth-order valence-electron chi connectivity index (χ4n) is 3.52. The van der Waals surface area contributed by atoms with E-state index >= 15 is 0 Å². The zero-order valence-corrected chi connectivity index (χ0v) is 16.4. The number of hydrogen-bond acceptors (Lipinski definition) is 6. The SMILES string of the molecule is CC(C)(C)OC(=O)N1CCCCC1C(=O)N1CCN(c2ncccn2)CC1. The van der Waals surface area contributed by atoms with Crippen molar-refractivity contribution >= 4 is 17.9 Å². The molecule has 1 atom stereocenters. The third kappa shape index (κ3) is 4.87. The van der Waals surface area contributed by atoms with Crippen LogP contribution in [0.15, 0.2) is 18.5 Å². The van der Waals surface area contributed by atoms with Crippen LogP contribution in [0, 0.1) is 0 Å². The van der Waals surface area contributed by atoms with Crippen LogP contribution in [0.25, 0.3) is 0 Å². The van der Waals surface area contributed by atoms with Crippen LogP contribution < -0.4 is 4.90 Å². The van der Waals surface area contributed by atoms with Crippen LogP contribution in [0.4, 0.5) is 10.7 Å². The number of piperidine rings is 1. The first-order chi connectivity index (χ1) is 12.8. The number of rotatable bonds is 2. The molecule has 1 unspecified atom stereocenters. The fourth-order valence-corrected chi connectivity index (χ4v) is 3.52. The summed E-state index contributed by atoms with van der Waals surface area (Å²) in [5.41, 5.74) is -0.566. The van der Waals surface area contributed by atoms with Gasteiger partial charge in [-0.05, 0) is 46.1 Å². The van der Waals surface area contributed by atoms with Crippen molar-refractivity contribution < 1.29 is 14.3 Å². The minimum atomic E-state index is -0.566. The van der Waals surface area contributed by atoms with Crippen molar-refractivity contribution in [1.29, 1.82) is 0 Å². The third-order valence-corrected chi connectivity index (χ3v) is 4.84. The van der Waals surface area contributed by atoms with Crippen LogP contribution >= 0.6 is 0 Å². The number of carbonyl (C=O) groups excluding carboxylic acids is 2. The number of likely N-dealkylation sites (tertiary alicyclic amines) is 1. The van der Waals surface area contributed by atoms with Crippen LogP contribution in [0.2, 0.25) is 0 Å². The predicted molar refractivity (Wildman–Crippen MR) is 101 cm³/mol. The summed E-state index contributed by atoms with van der Waals surface area (Å²) in [5.74, 6) is 0.715. The van der Waals surface area contributed by atoms with Gasteiger partial charge in [-0.2, -0.15) is 0 Å². The number of ether oxygens (including phenoxy) is 1. The lowest BCUT2D eigenvalue weighted by atomic mass is 10.0. The minimum absolute atomic E-state index is 0.0224. The first-order valence-corrected chi connectivity index (χ1v) is 9.65. The average Bonchev–Trinajstić information content (AvgIpc) is 2.67. The lowest BCUT2D eigenvalue weighted by molar-refractivity contribution is -0.138. The van der Waals surface area contributed by atoms with Gasteiger partial charge in [0, 0.05) is 45.1 Å². The molecule has 8 nitrogen and oxygen atoms in total. The number of anilines is 1. The molecule has 1 aromatic heterocycles. The summed E-state index contributed by atoms with van der Waals surface area (Å²) < 4.78 is 5.51. The van der Waals surface area contributed by atoms with E-state index in [1.807, 2.05) is 25.7 Å². The van der Waals surface area contributed by atoms with E-state index in [0.717, 1.165) is 12.8 Å². The Morgan fingerprint density at radius 2 is 1.70 bits per heavy atom. The number of piperazine rings is 1. The second-order valence-electron chi connectivity index (χ2n) is 8.05. The van der Waals surface area contributed by atoms with Crippen LogP contribution in [0.5, 0.6) is 0 Å². The Kier molecular flexibility index (Phi) is 5.82. The highest BCUT2D eigenvalue weighted by atomic mass is 16.6. The molecular weight excluding hydrogens is 346 g/mol. The maximum Gasteiger partial charge on any atom is 0.410 e. The summed E-state index contributed by atoms with van der Waals surface area (Å²) >= 11 is 0. The van der Waals surface area contributed by atoms with E-state index in [4.69, 9.17) is 4.74 Å². The summed E-state index contributed by atoms with van der Waals surface area (Å²) in [6, 6.07) is 1.37. The van der Waals surface area contributed by atoms with Crippen LogP contribution in [0.3, 0.4) is 0 Å². The number of aromatic nitrogens is 2. The quantitative estimate of drug-likeness (QED) is 0.786. The highest BCUT2D eigenvalue weighted by Gasteiger charge is 2.37. The molecule has 148 valence electrons. The Bertz CT molecular complexity index is 653. The minimum Gasteiger partial charge on any atom is -0.444 e. The molecule has 1 aromatic rings. The highest BCUT2D eigenvalue weighted by Crippen LogP contribution is 2.23. The highest BCUT2D eigenvalue weighted by molar-refractivity contribution is 5.86. The third-order valence-electron chi connectivity index (χ3n) is 4.84. The summed E-state index contributed by atoms with van der Waals surface area (Å²) in [5, 5.41) is 0. The molecule has 0 spiro atoms. The standard InChI is InChI=1S/C19H29N5O3/c1-19(2,3)27-18(26)24-10-5-4-7-15(24)16(25)22-11-13-23(14-12-22)17-20-8-6-9-21-17/h6,8-9,15H,4-5,7,10-14H2,1-3H3. The molecule has 0 saturated carbocycles. The molecule has 2 saturated heterocycles. The summed E-state index contributed by atoms with van der Waals surface area (Å²) in [7, 11) is 0. The largest absolute Gasteiger partial charge is 0.444 e. The lowest BCUT2D eigenvalue weighted by Gasteiger charge is -2.41. The van der Waals surface area contributed by atoms with E-state index in [9.17, 15) is 9.59 Å². The fraction of sp³-hybridized carbons (Fsp3) is 0.684. The average molecular weight is 375 g/mol. The second-order valence-corrected chi connectivity index (χ2v) is 8.05. The zero-order chi connectivity index (χ0) is 19.4. The van der Waals surface area contributed by atoms with Crippen molar-refractivity contribution in [2.45, 2.75) is 51.7 Å². The Labute approximate surface area is 160 Å². The molecule has 0 radical (unpaired) electrons. The van der Waals surface area contributed by atoms with Crippen LogP contribution in [0.1, 0.15) is 40.0 Å². The van der Waals surface area contributed by atoms with Gasteiger partial charge in [-0.1, -0.05) is 0 Å². The molecule has 3 heterocycles. The topological polar surface area (TPSA) is 78.9 Å². The van der Waals surface area contributed by atoms with E-state index in [1.165, 1.54) is 0 Å². The predicted octanol–water partition coefficient (Wildman–Crippen LogP) is 1.91. The summed E-state index contributed by atoms with van der Waals surface area (Å²) in [6.45, 7) is 8.70. The van der Waals surface area contributed by atoms with Crippen molar-refractivity contribution in [3.63, 3.8) is 0 Å². The normalized spacial score (nSPS) is 21.1. The molecular formula is C19H29N5O3. The van der Waals surface area contributed by atoms with Crippen LogP contribution in [-0.2, 0) is 9.53 Å². The molecule has 0 aliphatic carbocycles. The Balaban J connectivity index is 1.61. The lowest BCUT2D eigenvalue weighted by Crippen LogP contribution is -2.57. The van der Waals surface area contributed by atoms with E-state index < -0.39 is 17.7 Å². The summed E-state index contributed by atoms with van der Waals surface area (Å²) in [4.78, 5) is 39.8. The molecule has 2 amide bonds. The van der Waals surface area contributed by atoms with Gasteiger partial charge < -0.3 is 14.5 Å². The molecule has 3 rings (SSSR count). The van der Waals surface area contributed by atoms with E-state index in [-0.39, 0.29) is 5.91 Å². The first-order valence-electron chi connectivity index (χ1n) is 9.65. The van der Waals surface area contributed by atoms with E-state index in [2.05, 4.69) is 14.9 Å². The molecule has 2 fully saturated rings. The van der Waals surface area contributed by atoms with E-state index in [1.54, 1.807) is 23.4 Å². The molecule has 2 aliphatic heterocycles. The second kappa shape index (κ2) is 8.10. The number of carbonyl (C=O) groups is 2. The van der Waals surface area contributed by atoms with Gasteiger partial charge in [0.2, 0.25) is 11.9 Å². The maximum atomic E-state index is 13.1. The number of nitrogens with zero attached hydrogens (tertiary/aromatic N) is 5. The monoisotopic (exact) mass is 375 g/mol. The van der Waals surface area contributed by atoms with Gasteiger partial charge in [0.25, 0.3) is 0 Å². The first kappa shape index (κ1) is 19.4. The van der Waals surface area contributed by atoms with E-state index in [0.29, 0.717) is 45.1 Å². The van der Waals surface area contributed by atoms with Crippen molar-refractivity contribution in [1.82, 2.24) is 19.8 Å². The van der Waals surface area contributed by atoms with Gasteiger partial charge in [-0.3, -0.25) is 9.69 Å². The smallest absolute Gasteiger partial charge is 0.410 e. The van der Waals surface area contributed by atoms with Crippen molar-refractivity contribution in [3.05, 3.63) is 18.5 Å². The van der Waals surface area contributed by atoms with Crippen LogP contribution in [-0.4, -0.2) is 76.1 Å². The van der Waals surface area contributed by atoms with Crippen molar-refractivity contribution in [2.75, 3.05) is 37.6 Å². The maximum absolute atomic E-state index is 13.1. The Morgan fingerprint density at radius 1 is 1.04 bits per heavy atom. The Morgan fingerprint density at radius 3 is 2.33 bits per heavy atom. The molecule has 27 heavy (non-hydrogen) atoms. The summed E-state index contributed by atoms with van der Waals surface area (Å²) in [6.07, 6.45) is 5.61. The van der Waals surface area contributed by atoms with Gasteiger partial charge in [0.15, 0.2) is 0 Å². The molecule has 0 N–H and O–H groups in total. The molecule has 2 aliphatic rings.